The van der Waals surface area contributed by atoms with E-state index in [9.17, 15) is 14.4 Å². The summed E-state index contributed by atoms with van der Waals surface area (Å²) in [6.07, 6.45) is 4.13. The molecular formula is C21H23N3O5. The van der Waals surface area contributed by atoms with Gasteiger partial charge in [0.05, 0.1) is 0 Å². The maximum absolute atomic E-state index is 12.9. The second-order valence-corrected chi connectivity index (χ2v) is 7.53. The molecule has 8 nitrogen and oxygen atoms in total. The number of aromatic nitrogens is 1. The number of esters is 1. The molecule has 0 N–H and O–H groups in total. The van der Waals surface area contributed by atoms with Crippen molar-refractivity contribution >= 4 is 17.9 Å². The highest BCUT2D eigenvalue weighted by atomic mass is 16.5. The van der Waals surface area contributed by atoms with Gasteiger partial charge in [0.25, 0.3) is 5.91 Å². The lowest BCUT2D eigenvalue weighted by Crippen LogP contribution is -2.49. The van der Waals surface area contributed by atoms with E-state index < -0.39 is 24.1 Å². The van der Waals surface area contributed by atoms with Crippen molar-refractivity contribution < 1.29 is 23.6 Å². The number of imide groups is 1. The zero-order valence-electron chi connectivity index (χ0n) is 16.3. The monoisotopic (exact) mass is 397 g/mol. The fraction of sp³-hybridized carbons (Fsp3) is 0.429. The number of carbonyl (C=O) groups excluding carboxylic acids is 3. The fourth-order valence-electron chi connectivity index (χ4n) is 4.12. The van der Waals surface area contributed by atoms with Crippen molar-refractivity contribution in [1.82, 2.24) is 15.0 Å². The smallest absolute Gasteiger partial charge is 0.327 e. The number of amides is 3. The number of hydrogen-bond acceptors (Lipinski definition) is 6. The summed E-state index contributed by atoms with van der Waals surface area (Å²) >= 11 is 0. The second-order valence-electron chi connectivity index (χ2n) is 7.53. The summed E-state index contributed by atoms with van der Waals surface area (Å²) in [4.78, 5) is 40.2. The summed E-state index contributed by atoms with van der Waals surface area (Å²) in [5, 5.41) is 3.97. The normalized spacial score (nSPS) is 18.5. The molecule has 152 valence electrons. The van der Waals surface area contributed by atoms with Crippen LogP contribution >= 0.6 is 0 Å². The van der Waals surface area contributed by atoms with Crippen LogP contribution in [0.3, 0.4) is 0 Å². The van der Waals surface area contributed by atoms with Gasteiger partial charge in [0.15, 0.2) is 12.4 Å². The Kier molecular flexibility index (Phi) is 5.08. The van der Waals surface area contributed by atoms with E-state index in [4.69, 9.17) is 9.26 Å². The average Bonchev–Trinajstić information content (AvgIpc) is 3.29. The molecule has 2 aromatic rings. The van der Waals surface area contributed by atoms with Gasteiger partial charge in [-0.15, -0.1) is 0 Å². The van der Waals surface area contributed by atoms with Crippen molar-refractivity contribution in [2.75, 3.05) is 13.6 Å². The van der Waals surface area contributed by atoms with Crippen LogP contribution in [0.2, 0.25) is 0 Å². The van der Waals surface area contributed by atoms with Crippen LogP contribution in [0.15, 0.2) is 40.9 Å². The van der Waals surface area contributed by atoms with Crippen molar-refractivity contribution in [3.8, 4) is 11.3 Å². The third-order valence-corrected chi connectivity index (χ3v) is 5.77. The molecule has 0 atom stereocenters. The van der Waals surface area contributed by atoms with Crippen LogP contribution in [0, 0.1) is 0 Å². The lowest BCUT2D eigenvalue weighted by molar-refractivity contribution is -0.149. The molecule has 1 spiro atoms. The number of hydrogen-bond donors (Lipinski definition) is 0. The lowest BCUT2D eigenvalue weighted by atomic mass is 9.81. The van der Waals surface area contributed by atoms with Gasteiger partial charge in [-0.1, -0.05) is 54.8 Å². The first kappa shape index (κ1) is 19.2. The van der Waals surface area contributed by atoms with Gasteiger partial charge in [-0.2, -0.15) is 0 Å². The summed E-state index contributed by atoms with van der Waals surface area (Å²) in [7, 11) is 1.64. The molecule has 0 bridgehead atoms. The third kappa shape index (κ3) is 3.50. The van der Waals surface area contributed by atoms with E-state index in [-0.39, 0.29) is 12.5 Å². The quantitative estimate of drug-likeness (QED) is 0.569. The van der Waals surface area contributed by atoms with Gasteiger partial charge < -0.3 is 14.2 Å². The molecule has 1 aliphatic carbocycles. The third-order valence-electron chi connectivity index (χ3n) is 5.77. The highest BCUT2D eigenvalue weighted by Crippen LogP contribution is 2.39. The Balaban J connectivity index is 1.36. The Hall–Kier alpha value is -3.16. The van der Waals surface area contributed by atoms with Crippen LogP contribution in [0.5, 0.6) is 0 Å². The van der Waals surface area contributed by atoms with Crippen LogP contribution in [-0.2, 0) is 20.9 Å². The minimum absolute atomic E-state index is 0.115. The van der Waals surface area contributed by atoms with E-state index in [2.05, 4.69) is 5.16 Å². The molecule has 8 heteroatoms. The van der Waals surface area contributed by atoms with Crippen LogP contribution in [0.25, 0.3) is 11.3 Å². The molecule has 1 saturated carbocycles. The van der Waals surface area contributed by atoms with E-state index in [0.717, 1.165) is 29.7 Å². The van der Waals surface area contributed by atoms with E-state index in [1.807, 2.05) is 30.3 Å². The summed E-state index contributed by atoms with van der Waals surface area (Å²) in [5.74, 6) is -0.574. The predicted octanol–water partition coefficient (Wildman–Crippen LogP) is 2.98. The minimum Gasteiger partial charge on any atom is -0.456 e. The van der Waals surface area contributed by atoms with Crippen molar-refractivity contribution in [3.05, 3.63) is 42.2 Å². The van der Waals surface area contributed by atoms with Crippen LogP contribution in [0.4, 0.5) is 4.79 Å². The Labute approximate surface area is 168 Å². The van der Waals surface area contributed by atoms with Crippen molar-refractivity contribution in [1.29, 1.82) is 0 Å². The van der Waals surface area contributed by atoms with Gasteiger partial charge in [-0.25, -0.2) is 4.79 Å². The summed E-state index contributed by atoms with van der Waals surface area (Å²) < 4.78 is 10.4. The van der Waals surface area contributed by atoms with Crippen molar-refractivity contribution in [2.45, 2.75) is 44.2 Å². The fourth-order valence-corrected chi connectivity index (χ4v) is 4.12. The Morgan fingerprint density at radius 1 is 1.17 bits per heavy atom. The SMILES string of the molecule is CN1C(=O)N(CC(=O)OCc2cc(-c3ccccc3)no2)C(=O)C12CCCCC2. The standard InChI is InChI=1S/C21H23N3O5/c1-23-20(27)24(19(26)21(23)10-6-3-7-11-21)13-18(25)28-14-16-12-17(22-29-16)15-8-4-2-5-9-15/h2,4-5,8-9,12H,3,6-7,10-11,13-14H2,1H3. The minimum atomic E-state index is -0.800. The molecule has 29 heavy (non-hydrogen) atoms. The number of benzene rings is 1. The first-order valence-corrected chi connectivity index (χ1v) is 9.78. The maximum Gasteiger partial charge on any atom is 0.327 e. The van der Waals surface area contributed by atoms with Gasteiger partial charge in [0.1, 0.15) is 17.8 Å². The summed E-state index contributed by atoms with van der Waals surface area (Å²) in [6, 6.07) is 10.7. The molecule has 2 aliphatic rings. The number of likely N-dealkylation sites (N-methyl/N-ethyl adjacent to an activating group) is 1. The van der Waals surface area contributed by atoms with Gasteiger partial charge in [0.2, 0.25) is 0 Å². The topological polar surface area (TPSA) is 93.0 Å². The Bertz CT molecular complexity index is 917. The number of ether oxygens (including phenoxy) is 1. The predicted molar refractivity (Wildman–Crippen MR) is 102 cm³/mol. The Morgan fingerprint density at radius 2 is 1.90 bits per heavy atom. The van der Waals surface area contributed by atoms with E-state index in [0.29, 0.717) is 24.3 Å². The van der Waals surface area contributed by atoms with E-state index >= 15 is 0 Å². The van der Waals surface area contributed by atoms with Gasteiger partial charge in [-0.3, -0.25) is 14.5 Å². The zero-order chi connectivity index (χ0) is 20.4. The largest absolute Gasteiger partial charge is 0.456 e. The van der Waals surface area contributed by atoms with Gasteiger partial charge in [0, 0.05) is 18.7 Å². The highest BCUT2D eigenvalue weighted by molar-refractivity contribution is 6.08. The number of urea groups is 1. The van der Waals surface area contributed by atoms with E-state index in [1.54, 1.807) is 13.1 Å². The number of rotatable bonds is 5. The molecule has 2 heterocycles. The molecular weight excluding hydrogens is 374 g/mol. The molecule has 0 unspecified atom stereocenters. The second kappa shape index (κ2) is 7.69. The van der Waals surface area contributed by atoms with Gasteiger partial charge in [-0.05, 0) is 12.8 Å². The van der Waals surface area contributed by atoms with Crippen LogP contribution in [-0.4, -0.2) is 52.0 Å². The number of carbonyl (C=O) groups is 3. The summed E-state index contributed by atoms with van der Waals surface area (Å²) in [5.41, 5.74) is 0.732. The van der Waals surface area contributed by atoms with Gasteiger partial charge >= 0.3 is 12.0 Å². The highest BCUT2D eigenvalue weighted by Gasteiger charge is 2.55. The molecule has 1 aliphatic heterocycles. The molecule has 4 rings (SSSR count). The molecule has 1 aromatic heterocycles. The maximum atomic E-state index is 12.9. The average molecular weight is 397 g/mol. The van der Waals surface area contributed by atoms with Crippen LogP contribution in [0.1, 0.15) is 37.9 Å². The first-order valence-electron chi connectivity index (χ1n) is 9.78. The molecule has 0 radical (unpaired) electrons. The molecule has 1 aromatic carbocycles. The lowest BCUT2D eigenvalue weighted by Gasteiger charge is -2.35. The van der Waals surface area contributed by atoms with Crippen molar-refractivity contribution in [3.63, 3.8) is 0 Å². The summed E-state index contributed by atoms with van der Waals surface area (Å²) in [6.45, 7) is -0.515. The molecule has 1 saturated heterocycles. The number of nitrogens with zero attached hydrogens (tertiary/aromatic N) is 3. The molecule has 3 amide bonds. The van der Waals surface area contributed by atoms with E-state index in [1.165, 1.54) is 4.90 Å². The van der Waals surface area contributed by atoms with Crippen molar-refractivity contribution in [2.24, 2.45) is 0 Å². The zero-order valence-corrected chi connectivity index (χ0v) is 16.3. The molecule has 2 fully saturated rings. The first-order chi connectivity index (χ1) is 14.0. The Morgan fingerprint density at radius 3 is 2.62 bits per heavy atom. The van der Waals surface area contributed by atoms with Crippen LogP contribution < -0.4 is 0 Å².